The van der Waals surface area contributed by atoms with Crippen molar-refractivity contribution < 1.29 is 13.2 Å². The summed E-state index contributed by atoms with van der Waals surface area (Å²) in [5.74, 6) is -0.226. The third kappa shape index (κ3) is 4.19. The number of hydrogen-bond donors (Lipinski definition) is 2. The molecule has 10 heteroatoms. The molecule has 0 spiro atoms. The van der Waals surface area contributed by atoms with Crippen molar-refractivity contribution in [2.75, 3.05) is 22.9 Å². The van der Waals surface area contributed by atoms with Crippen molar-refractivity contribution in [2.45, 2.75) is 6.42 Å². The van der Waals surface area contributed by atoms with E-state index in [1.54, 1.807) is 30.5 Å². The smallest absolute Gasteiger partial charge is 0.231 e. The SMILES string of the molecule is CN(c1cccc(CC(=O)Nc2nc(-c3c[nH]c4ncccc34)cs2)c1)S(C)(=O)=O. The fraction of sp³-hybridized carbons (Fsp3) is 0.150. The Morgan fingerprint density at radius 1 is 1.27 bits per heavy atom. The number of anilines is 2. The number of aromatic amines is 1. The van der Waals surface area contributed by atoms with Crippen LogP contribution in [0.3, 0.4) is 0 Å². The molecule has 4 rings (SSSR count). The molecule has 0 aliphatic heterocycles. The van der Waals surface area contributed by atoms with Crippen LogP contribution < -0.4 is 9.62 Å². The zero-order valence-electron chi connectivity index (χ0n) is 16.3. The predicted octanol–water partition coefficient (Wildman–Crippen LogP) is 3.26. The summed E-state index contributed by atoms with van der Waals surface area (Å²) < 4.78 is 24.6. The summed E-state index contributed by atoms with van der Waals surface area (Å²) in [5, 5.41) is 6.16. The van der Waals surface area contributed by atoms with Gasteiger partial charge in [-0.25, -0.2) is 18.4 Å². The lowest BCUT2D eigenvalue weighted by molar-refractivity contribution is -0.115. The van der Waals surface area contributed by atoms with Gasteiger partial charge in [-0.15, -0.1) is 11.3 Å². The van der Waals surface area contributed by atoms with Crippen LogP contribution in [0.15, 0.2) is 54.2 Å². The molecule has 3 aromatic heterocycles. The average molecular weight is 442 g/mol. The standard InChI is InChI=1S/C20H19N5O3S2/c1-25(30(2,27)28)14-6-3-5-13(9-14)10-18(26)24-20-23-17(12-29-20)16-11-22-19-15(16)7-4-8-21-19/h3-9,11-12H,10H2,1-2H3,(H,21,22)(H,23,24,26). The zero-order chi connectivity index (χ0) is 21.3. The van der Waals surface area contributed by atoms with E-state index in [-0.39, 0.29) is 12.3 Å². The number of carbonyl (C=O) groups excluding carboxylic acids is 1. The van der Waals surface area contributed by atoms with Crippen LogP contribution in [-0.2, 0) is 21.2 Å². The van der Waals surface area contributed by atoms with Gasteiger partial charge in [0, 0.05) is 35.8 Å². The number of sulfonamides is 1. The number of rotatable bonds is 6. The third-order valence-electron chi connectivity index (χ3n) is 4.61. The first-order valence-corrected chi connectivity index (χ1v) is 11.7. The number of amides is 1. The topological polar surface area (TPSA) is 108 Å². The van der Waals surface area contributed by atoms with E-state index in [1.165, 1.54) is 22.7 Å². The van der Waals surface area contributed by atoms with Gasteiger partial charge in [0.25, 0.3) is 0 Å². The fourth-order valence-corrected chi connectivity index (χ4v) is 4.25. The quantitative estimate of drug-likeness (QED) is 0.477. The molecule has 0 atom stereocenters. The van der Waals surface area contributed by atoms with Crippen LogP contribution in [0.25, 0.3) is 22.3 Å². The number of pyridine rings is 1. The molecule has 30 heavy (non-hydrogen) atoms. The van der Waals surface area contributed by atoms with Gasteiger partial charge < -0.3 is 10.3 Å². The lowest BCUT2D eigenvalue weighted by Crippen LogP contribution is -2.25. The van der Waals surface area contributed by atoms with Gasteiger partial charge in [-0.1, -0.05) is 12.1 Å². The van der Waals surface area contributed by atoms with E-state index in [4.69, 9.17) is 0 Å². The Labute approximate surface area is 177 Å². The van der Waals surface area contributed by atoms with E-state index in [2.05, 4.69) is 20.3 Å². The number of nitrogens with one attached hydrogen (secondary N) is 2. The number of nitrogens with zero attached hydrogens (tertiary/aromatic N) is 3. The Balaban J connectivity index is 1.47. The molecule has 0 radical (unpaired) electrons. The number of fused-ring (bicyclic) bond motifs is 1. The summed E-state index contributed by atoms with van der Waals surface area (Å²) in [6.07, 6.45) is 4.81. The van der Waals surface area contributed by atoms with E-state index in [9.17, 15) is 13.2 Å². The predicted molar refractivity (Wildman–Crippen MR) is 119 cm³/mol. The average Bonchev–Trinajstić information content (AvgIpc) is 3.33. The molecular weight excluding hydrogens is 422 g/mol. The van der Waals surface area contributed by atoms with Crippen LogP contribution >= 0.6 is 11.3 Å². The van der Waals surface area contributed by atoms with Gasteiger partial charge in [0.1, 0.15) is 5.65 Å². The van der Waals surface area contributed by atoms with Crippen molar-refractivity contribution in [1.29, 1.82) is 0 Å². The molecular formula is C20H19N5O3S2. The Bertz CT molecular complexity index is 1330. The molecule has 0 aliphatic rings. The number of hydrogen-bond acceptors (Lipinski definition) is 6. The van der Waals surface area contributed by atoms with Crippen LogP contribution in [0.2, 0.25) is 0 Å². The lowest BCUT2D eigenvalue weighted by Gasteiger charge is -2.17. The van der Waals surface area contributed by atoms with Crippen LogP contribution in [-0.4, -0.2) is 42.6 Å². The zero-order valence-corrected chi connectivity index (χ0v) is 17.9. The minimum absolute atomic E-state index is 0.108. The molecule has 0 aliphatic carbocycles. The fourth-order valence-electron chi connectivity index (χ4n) is 3.03. The van der Waals surface area contributed by atoms with E-state index < -0.39 is 10.0 Å². The van der Waals surface area contributed by atoms with Gasteiger partial charge in [0.2, 0.25) is 15.9 Å². The summed E-state index contributed by atoms with van der Waals surface area (Å²) in [7, 11) is -1.89. The minimum atomic E-state index is -3.37. The van der Waals surface area contributed by atoms with Gasteiger partial charge in [0.05, 0.1) is 24.1 Å². The molecule has 3 heterocycles. The van der Waals surface area contributed by atoms with E-state index in [1.807, 2.05) is 23.7 Å². The highest BCUT2D eigenvalue weighted by molar-refractivity contribution is 7.92. The summed E-state index contributed by atoms with van der Waals surface area (Å²) in [4.78, 5) is 24.4. The first-order chi connectivity index (χ1) is 14.3. The Hall–Kier alpha value is -3.24. The molecule has 1 amide bonds. The number of H-pyrrole nitrogens is 1. The molecule has 4 aromatic rings. The van der Waals surface area contributed by atoms with Gasteiger partial charge in [0.15, 0.2) is 5.13 Å². The molecule has 0 bridgehead atoms. The molecule has 1 aromatic carbocycles. The number of benzene rings is 1. The molecule has 154 valence electrons. The summed E-state index contributed by atoms with van der Waals surface area (Å²) in [5.41, 5.74) is 3.68. The summed E-state index contributed by atoms with van der Waals surface area (Å²) in [6, 6.07) is 10.7. The highest BCUT2D eigenvalue weighted by Crippen LogP contribution is 2.30. The van der Waals surface area contributed by atoms with Crippen LogP contribution in [0.1, 0.15) is 5.56 Å². The van der Waals surface area contributed by atoms with Gasteiger partial charge in [-0.3, -0.25) is 9.10 Å². The first kappa shape index (κ1) is 20.0. The Morgan fingerprint density at radius 3 is 2.90 bits per heavy atom. The van der Waals surface area contributed by atoms with E-state index >= 15 is 0 Å². The largest absolute Gasteiger partial charge is 0.345 e. The second kappa shape index (κ2) is 7.88. The second-order valence-corrected chi connectivity index (χ2v) is 9.64. The Morgan fingerprint density at radius 2 is 2.10 bits per heavy atom. The van der Waals surface area contributed by atoms with Crippen LogP contribution in [0.4, 0.5) is 10.8 Å². The molecule has 8 nitrogen and oxygen atoms in total. The maximum atomic E-state index is 12.5. The highest BCUT2D eigenvalue weighted by Gasteiger charge is 2.15. The van der Waals surface area contributed by atoms with Crippen molar-refractivity contribution in [2.24, 2.45) is 0 Å². The third-order valence-corrected chi connectivity index (χ3v) is 6.58. The number of aromatic nitrogens is 3. The van der Waals surface area contributed by atoms with Crippen LogP contribution in [0.5, 0.6) is 0 Å². The lowest BCUT2D eigenvalue weighted by atomic mass is 10.1. The second-order valence-electron chi connectivity index (χ2n) is 6.77. The van der Waals surface area contributed by atoms with Gasteiger partial charge in [-0.05, 0) is 29.8 Å². The summed E-state index contributed by atoms with van der Waals surface area (Å²) >= 11 is 1.34. The van der Waals surface area contributed by atoms with Crippen molar-refractivity contribution in [1.82, 2.24) is 15.0 Å². The van der Waals surface area contributed by atoms with E-state index in [0.29, 0.717) is 16.4 Å². The minimum Gasteiger partial charge on any atom is -0.345 e. The van der Waals surface area contributed by atoms with Crippen LogP contribution in [0, 0.1) is 0 Å². The molecule has 0 unspecified atom stereocenters. The van der Waals surface area contributed by atoms with Crippen molar-refractivity contribution >= 4 is 49.1 Å². The van der Waals surface area contributed by atoms with Crippen molar-refractivity contribution in [3.63, 3.8) is 0 Å². The maximum Gasteiger partial charge on any atom is 0.231 e. The Kier molecular flexibility index (Phi) is 5.27. The van der Waals surface area contributed by atoms with E-state index in [0.717, 1.165) is 28.5 Å². The highest BCUT2D eigenvalue weighted by atomic mass is 32.2. The summed E-state index contributed by atoms with van der Waals surface area (Å²) in [6.45, 7) is 0. The normalized spacial score (nSPS) is 11.5. The van der Waals surface area contributed by atoms with Gasteiger partial charge >= 0.3 is 0 Å². The van der Waals surface area contributed by atoms with Crippen molar-refractivity contribution in [3.8, 4) is 11.3 Å². The first-order valence-electron chi connectivity index (χ1n) is 9.02. The maximum absolute atomic E-state index is 12.5. The number of carbonyl (C=O) groups is 1. The monoisotopic (exact) mass is 441 g/mol. The van der Waals surface area contributed by atoms with Gasteiger partial charge in [-0.2, -0.15) is 0 Å². The van der Waals surface area contributed by atoms with Crippen molar-refractivity contribution in [3.05, 3.63) is 59.7 Å². The molecule has 0 fully saturated rings. The number of thiazole rings is 1. The molecule has 0 saturated heterocycles. The molecule has 2 N–H and O–H groups in total. The molecule has 0 saturated carbocycles.